The van der Waals surface area contributed by atoms with Crippen LogP contribution in [0, 0.1) is 5.82 Å². The van der Waals surface area contributed by atoms with E-state index in [0.717, 1.165) is 12.1 Å². The Balaban J connectivity index is 0.000001000. The molecule has 0 spiro atoms. The summed E-state index contributed by atoms with van der Waals surface area (Å²) < 4.78 is 12.2. The number of hydrogen-bond donors (Lipinski definition) is 1. The zero-order valence-electron chi connectivity index (χ0n) is 5.04. The van der Waals surface area contributed by atoms with Gasteiger partial charge < -0.3 is 5.11 Å². The van der Waals surface area contributed by atoms with Gasteiger partial charge in [0.05, 0.1) is 5.56 Å². The molecule has 0 fully saturated rings. The van der Waals surface area contributed by atoms with E-state index in [1.165, 1.54) is 12.1 Å². The summed E-state index contributed by atoms with van der Waals surface area (Å²) >= 11 is 0. The van der Waals surface area contributed by atoms with Crippen molar-refractivity contribution in [2.45, 2.75) is 0 Å². The van der Waals surface area contributed by atoms with Crippen molar-refractivity contribution in [3.8, 4) is 0 Å². The molecule has 0 aliphatic rings. The van der Waals surface area contributed by atoms with E-state index in [2.05, 4.69) is 0 Å². The van der Waals surface area contributed by atoms with Gasteiger partial charge in [-0.1, -0.05) is 0 Å². The van der Waals surface area contributed by atoms with Crippen LogP contribution >= 0.6 is 0 Å². The van der Waals surface area contributed by atoms with E-state index in [1.54, 1.807) is 0 Å². The predicted molar refractivity (Wildman–Crippen MR) is 41.9 cm³/mol. The van der Waals surface area contributed by atoms with Gasteiger partial charge in [0, 0.05) is 0 Å². The van der Waals surface area contributed by atoms with Gasteiger partial charge in [-0.3, -0.25) is 0 Å². The Hall–Kier alpha value is -1.21. The first-order chi connectivity index (χ1) is 4.70. The molecule has 0 atom stereocenters. The number of hydrogen-bond acceptors (Lipinski definition) is 1. The van der Waals surface area contributed by atoms with Crippen molar-refractivity contribution in [3.05, 3.63) is 35.6 Å². The zero-order chi connectivity index (χ0) is 7.56. The molecule has 0 amide bonds. The molecule has 0 saturated carbocycles. The third-order valence-electron chi connectivity index (χ3n) is 1.09. The molecule has 56 valence electrons. The van der Waals surface area contributed by atoms with E-state index < -0.39 is 11.8 Å². The minimum absolute atomic E-state index is 0. The first kappa shape index (κ1) is 9.79. The summed E-state index contributed by atoms with van der Waals surface area (Å²) in [6.45, 7) is 0. The molecule has 1 aromatic rings. The van der Waals surface area contributed by atoms with Crippen molar-refractivity contribution >= 4 is 16.1 Å². The maximum absolute atomic E-state index is 12.2. The topological polar surface area (TPSA) is 37.3 Å². The van der Waals surface area contributed by atoms with Crippen LogP contribution in [0.5, 0.6) is 0 Å². The predicted octanol–water partition coefficient (Wildman–Crippen LogP) is 0.608. The van der Waals surface area contributed by atoms with Crippen LogP contribution in [0.4, 0.5) is 4.39 Å². The van der Waals surface area contributed by atoms with Gasteiger partial charge in [0.15, 0.2) is 0 Å². The van der Waals surface area contributed by atoms with Crippen molar-refractivity contribution in [3.63, 3.8) is 0 Å². The summed E-state index contributed by atoms with van der Waals surface area (Å²) in [5.74, 6) is -1.47. The second-order valence-corrected chi connectivity index (χ2v) is 1.81. The van der Waals surface area contributed by atoms with Crippen molar-refractivity contribution in [2.24, 2.45) is 0 Å². The Kier molecular flexibility index (Phi) is 3.41. The Morgan fingerprint density at radius 3 is 2.09 bits per heavy atom. The van der Waals surface area contributed by atoms with Gasteiger partial charge in [0.25, 0.3) is 0 Å². The number of halogens is 1. The number of benzene rings is 1. The second-order valence-electron chi connectivity index (χ2n) is 1.81. The molecule has 0 radical (unpaired) electrons. The first-order valence-corrected chi connectivity index (χ1v) is 2.69. The number of carboxylic acid groups (broad SMARTS) is 1. The van der Waals surface area contributed by atoms with Crippen LogP contribution in [0.15, 0.2) is 24.3 Å². The van der Waals surface area contributed by atoms with Crippen LogP contribution in [0.25, 0.3) is 0 Å². The molecule has 0 aliphatic heterocycles. The molecule has 4 heteroatoms. The second kappa shape index (κ2) is 3.84. The van der Waals surface area contributed by atoms with Crippen molar-refractivity contribution in [1.82, 2.24) is 0 Å². The zero-order valence-corrected chi connectivity index (χ0v) is 5.04. The van der Waals surface area contributed by atoms with Crippen LogP contribution in [0.2, 0.25) is 0 Å². The number of carbonyl (C=O) groups is 1. The molecular formula is C7H7BeFO2. The molecule has 2 nitrogen and oxygen atoms in total. The van der Waals surface area contributed by atoms with Gasteiger partial charge >= 0.3 is 16.1 Å². The summed E-state index contributed by atoms with van der Waals surface area (Å²) in [6.07, 6.45) is 0. The third kappa shape index (κ3) is 2.48. The van der Waals surface area contributed by atoms with Gasteiger partial charge in [0.1, 0.15) is 5.82 Å². The van der Waals surface area contributed by atoms with E-state index in [9.17, 15) is 9.18 Å². The van der Waals surface area contributed by atoms with E-state index in [0.29, 0.717) is 0 Å². The molecule has 1 rings (SSSR count). The summed E-state index contributed by atoms with van der Waals surface area (Å²) in [5, 5.41) is 8.35. The van der Waals surface area contributed by atoms with Crippen LogP contribution in [0.1, 0.15) is 10.4 Å². The molecule has 0 saturated heterocycles. The van der Waals surface area contributed by atoms with Gasteiger partial charge in [-0.2, -0.15) is 0 Å². The maximum atomic E-state index is 12.2. The quantitative estimate of drug-likeness (QED) is 0.597. The summed E-state index contributed by atoms with van der Waals surface area (Å²) in [5.41, 5.74) is 0.0985. The monoisotopic (exact) mass is 151 g/mol. The van der Waals surface area contributed by atoms with Gasteiger partial charge in [-0.25, -0.2) is 9.18 Å². The number of rotatable bonds is 1. The number of aromatic carboxylic acids is 1. The SMILES string of the molecule is O=C(O)c1ccc(F)cc1.[BeH2]. The molecule has 1 aromatic carbocycles. The summed E-state index contributed by atoms with van der Waals surface area (Å²) in [7, 11) is 0. The molecular weight excluding hydrogens is 144 g/mol. The van der Waals surface area contributed by atoms with Gasteiger partial charge in [-0.15, -0.1) is 0 Å². The average Bonchev–Trinajstić information content (AvgIpc) is 1.88. The van der Waals surface area contributed by atoms with Gasteiger partial charge in [0.2, 0.25) is 0 Å². The van der Waals surface area contributed by atoms with Crippen LogP contribution in [-0.2, 0) is 0 Å². The van der Waals surface area contributed by atoms with Crippen LogP contribution in [0.3, 0.4) is 0 Å². The molecule has 0 aromatic heterocycles. The molecule has 11 heavy (non-hydrogen) atoms. The molecule has 1 N–H and O–H groups in total. The first-order valence-electron chi connectivity index (χ1n) is 2.69. The fraction of sp³-hybridized carbons (Fsp3) is 0. The van der Waals surface area contributed by atoms with Gasteiger partial charge in [-0.05, 0) is 24.3 Å². The van der Waals surface area contributed by atoms with Crippen molar-refractivity contribution in [1.29, 1.82) is 0 Å². The van der Waals surface area contributed by atoms with Crippen molar-refractivity contribution in [2.75, 3.05) is 0 Å². The molecule has 0 heterocycles. The molecule has 0 aliphatic carbocycles. The summed E-state index contributed by atoms with van der Waals surface area (Å²) in [6, 6.07) is 4.67. The molecule has 0 unspecified atom stereocenters. The Morgan fingerprint density at radius 1 is 1.27 bits per heavy atom. The normalized spacial score (nSPS) is 8.45. The fourth-order valence-corrected chi connectivity index (χ4v) is 0.592. The Bertz CT molecular complexity index is 245. The fourth-order valence-electron chi connectivity index (χ4n) is 0.592. The Labute approximate surface area is 66.9 Å². The van der Waals surface area contributed by atoms with Crippen LogP contribution in [-0.4, -0.2) is 21.2 Å². The van der Waals surface area contributed by atoms with Crippen LogP contribution < -0.4 is 0 Å². The Morgan fingerprint density at radius 2 is 1.73 bits per heavy atom. The third-order valence-corrected chi connectivity index (χ3v) is 1.09. The average molecular weight is 151 g/mol. The molecule has 0 bridgehead atoms. The van der Waals surface area contributed by atoms with Crippen molar-refractivity contribution < 1.29 is 14.3 Å². The van der Waals surface area contributed by atoms with E-state index in [1.807, 2.05) is 0 Å². The van der Waals surface area contributed by atoms with E-state index in [-0.39, 0.29) is 15.7 Å². The number of carboxylic acids is 1. The summed E-state index contributed by atoms with van der Waals surface area (Å²) in [4.78, 5) is 10.2. The van der Waals surface area contributed by atoms with E-state index in [4.69, 9.17) is 5.11 Å². The van der Waals surface area contributed by atoms with E-state index >= 15 is 0 Å². The minimum atomic E-state index is -1.04. The standard InChI is InChI=1S/C7H5FO2.Be.2H/c8-6-3-1-5(2-4-6)7(9)10;;;/h1-4H,(H,9,10);;;.